The van der Waals surface area contributed by atoms with Crippen LogP contribution in [0.15, 0.2) is 107 Å². The third kappa shape index (κ3) is 8.08. The van der Waals surface area contributed by atoms with Crippen molar-refractivity contribution >= 4 is 82.4 Å². The maximum absolute atomic E-state index is 13.0. The summed E-state index contributed by atoms with van der Waals surface area (Å²) in [4.78, 5) is 37.9. The molecule has 15 nitrogen and oxygen atoms in total. The Morgan fingerprint density at radius 3 is 1.28 bits per heavy atom. The lowest BCUT2D eigenvalue weighted by Crippen LogP contribution is -2.42. The van der Waals surface area contributed by atoms with Crippen LogP contribution in [0.1, 0.15) is 31.8 Å². The van der Waals surface area contributed by atoms with Crippen molar-refractivity contribution in [2.45, 2.75) is 23.6 Å². The fraction of sp³-hybridized carbons (Fsp3) is 0.0541. The first-order valence-electron chi connectivity index (χ1n) is 15.8. The van der Waals surface area contributed by atoms with E-state index in [1.54, 1.807) is 50.2 Å². The topological polar surface area (TPSA) is 249 Å². The minimum Gasteiger partial charge on any atom is -0.507 e. The van der Waals surface area contributed by atoms with Crippen LogP contribution < -0.4 is 21.3 Å². The number of anilines is 4. The molecule has 6 aromatic rings. The number of phenols is 2. The van der Waals surface area contributed by atoms with Crippen molar-refractivity contribution in [3.8, 4) is 11.5 Å². The first-order chi connectivity index (χ1) is 25.3. The molecule has 6 rings (SSSR count). The number of benzene rings is 6. The summed E-state index contributed by atoms with van der Waals surface area (Å²) in [5.41, 5.74) is 3.46. The highest BCUT2D eigenvalue weighted by atomic mass is 32.2. The van der Waals surface area contributed by atoms with Crippen molar-refractivity contribution < 1.29 is 50.5 Å². The van der Waals surface area contributed by atoms with Crippen LogP contribution >= 0.6 is 0 Å². The SMILES string of the molecule is Cc1ccc(C(=O)NC(=O)NC(=O)c2ccc(C)c(Nc3ccc4cc(S(=O)(=O)O)cc(O)c4c3)c2)cc1Nc1ccc2cc(S(=O)(=O)O)cc(O)c2c1. The van der Waals surface area contributed by atoms with E-state index >= 15 is 0 Å². The van der Waals surface area contributed by atoms with Crippen LogP contribution in [0.3, 0.4) is 0 Å². The number of aromatic hydroxyl groups is 2. The summed E-state index contributed by atoms with van der Waals surface area (Å²) in [5, 5.41) is 32.6. The largest absolute Gasteiger partial charge is 0.507 e. The van der Waals surface area contributed by atoms with E-state index in [4.69, 9.17) is 0 Å². The number of urea groups is 1. The molecule has 0 spiro atoms. The Kier molecular flexibility index (Phi) is 9.74. The monoisotopic (exact) mass is 770 g/mol. The summed E-state index contributed by atoms with van der Waals surface area (Å²) in [6.07, 6.45) is 0. The number of imide groups is 2. The molecule has 0 bridgehead atoms. The molecular weight excluding hydrogens is 741 g/mol. The molecule has 0 heterocycles. The average molecular weight is 771 g/mol. The Bertz CT molecular complexity index is 2600. The van der Waals surface area contributed by atoms with Gasteiger partial charge < -0.3 is 20.8 Å². The summed E-state index contributed by atoms with van der Waals surface area (Å²) in [7, 11) is -9.07. The molecule has 0 fully saturated rings. The van der Waals surface area contributed by atoms with Gasteiger partial charge in [-0.1, -0.05) is 24.3 Å². The van der Waals surface area contributed by atoms with Gasteiger partial charge in [0.15, 0.2) is 0 Å². The Morgan fingerprint density at radius 2 is 0.907 bits per heavy atom. The number of hydrogen-bond acceptors (Lipinski definition) is 11. The molecule has 0 aliphatic heterocycles. The van der Waals surface area contributed by atoms with Gasteiger partial charge in [-0.3, -0.25) is 29.3 Å². The van der Waals surface area contributed by atoms with Gasteiger partial charge >= 0.3 is 6.03 Å². The molecule has 4 amide bonds. The Morgan fingerprint density at radius 1 is 0.519 bits per heavy atom. The van der Waals surface area contributed by atoms with Crippen LogP contribution in [0.2, 0.25) is 0 Å². The predicted octanol–water partition coefficient (Wildman–Crippen LogP) is 6.28. The minimum atomic E-state index is -4.54. The van der Waals surface area contributed by atoms with Gasteiger partial charge in [0, 0.05) is 56.8 Å². The van der Waals surface area contributed by atoms with Gasteiger partial charge in [-0.25, -0.2) is 4.79 Å². The molecule has 0 unspecified atom stereocenters. The van der Waals surface area contributed by atoms with Gasteiger partial charge in [0.05, 0.1) is 9.79 Å². The lowest BCUT2D eigenvalue weighted by molar-refractivity contribution is 0.0944. The predicted molar refractivity (Wildman–Crippen MR) is 200 cm³/mol. The van der Waals surface area contributed by atoms with Gasteiger partial charge in [-0.05, 0) is 96.4 Å². The summed E-state index contributed by atoms with van der Waals surface area (Å²) < 4.78 is 64.8. The van der Waals surface area contributed by atoms with E-state index in [1.165, 1.54) is 48.5 Å². The van der Waals surface area contributed by atoms with Gasteiger partial charge in [0.1, 0.15) is 11.5 Å². The number of fused-ring (bicyclic) bond motifs is 2. The van der Waals surface area contributed by atoms with Gasteiger partial charge in [0.2, 0.25) is 0 Å². The molecule has 54 heavy (non-hydrogen) atoms. The average Bonchev–Trinajstić information content (AvgIpc) is 3.09. The lowest BCUT2D eigenvalue weighted by atomic mass is 10.1. The third-order valence-corrected chi connectivity index (χ3v) is 10.1. The summed E-state index contributed by atoms with van der Waals surface area (Å²) in [5.74, 6) is -2.38. The number of amides is 4. The molecule has 8 N–H and O–H groups in total. The van der Waals surface area contributed by atoms with Crippen LogP contribution in [0.4, 0.5) is 27.5 Å². The van der Waals surface area contributed by atoms with E-state index < -0.39 is 47.9 Å². The van der Waals surface area contributed by atoms with E-state index in [-0.39, 0.29) is 22.6 Å². The molecular formula is C37H30N4O11S2. The Hall–Kier alpha value is -6.53. The molecule has 0 atom stereocenters. The van der Waals surface area contributed by atoms with Crippen molar-refractivity contribution in [1.29, 1.82) is 0 Å². The number of carbonyl (C=O) groups excluding carboxylic acids is 3. The zero-order chi connectivity index (χ0) is 39.1. The van der Waals surface area contributed by atoms with E-state index in [1.807, 2.05) is 0 Å². The number of nitrogens with one attached hydrogen (secondary N) is 4. The fourth-order valence-corrected chi connectivity index (χ4v) is 6.64. The van der Waals surface area contributed by atoms with Crippen LogP contribution in [-0.2, 0) is 20.2 Å². The highest BCUT2D eigenvalue weighted by molar-refractivity contribution is 7.86. The van der Waals surface area contributed by atoms with Gasteiger partial charge in [-0.2, -0.15) is 16.8 Å². The van der Waals surface area contributed by atoms with Crippen molar-refractivity contribution in [3.63, 3.8) is 0 Å². The normalized spacial score (nSPS) is 11.6. The molecule has 0 aromatic heterocycles. The minimum absolute atomic E-state index is 0.0737. The summed E-state index contributed by atoms with van der Waals surface area (Å²) >= 11 is 0. The molecule has 0 aliphatic carbocycles. The van der Waals surface area contributed by atoms with Crippen molar-refractivity contribution in [2.24, 2.45) is 0 Å². The molecule has 0 aliphatic rings. The summed E-state index contributed by atoms with van der Waals surface area (Å²) in [6.45, 7) is 3.53. The second-order valence-corrected chi connectivity index (χ2v) is 15.1. The van der Waals surface area contributed by atoms with E-state index in [0.29, 0.717) is 55.4 Å². The second kappa shape index (κ2) is 14.1. The molecule has 276 valence electrons. The molecule has 17 heteroatoms. The zero-order valence-electron chi connectivity index (χ0n) is 28.2. The van der Waals surface area contributed by atoms with Crippen molar-refractivity contribution in [2.75, 3.05) is 10.6 Å². The third-order valence-electron chi connectivity index (χ3n) is 8.42. The molecule has 6 aromatic carbocycles. The first-order valence-corrected chi connectivity index (χ1v) is 18.6. The van der Waals surface area contributed by atoms with E-state index in [2.05, 4.69) is 21.3 Å². The van der Waals surface area contributed by atoms with Crippen LogP contribution in [0.5, 0.6) is 11.5 Å². The Balaban J connectivity index is 1.12. The Labute approximate surface area is 307 Å². The van der Waals surface area contributed by atoms with Gasteiger partial charge in [0.25, 0.3) is 32.1 Å². The number of phenolic OH excluding ortho intramolecular Hbond substituents is 2. The van der Waals surface area contributed by atoms with Crippen LogP contribution in [0.25, 0.3) is 21.5 Å². The molecule has 0 radical (unpaired) electrons. The van der Waals surface area contributed by atoms with Gasteiger partial charge in [-0.15, -0.1) is 0 Å². The quantitative estimate of drug-likeness (QED) is 0.0795. The molecule has 0 saturated carbocycles. The fourth-order valence-electron chi connectivity index (χ4n) is 5.56. The number of aryl methyl sites for hydroxylation is 2. The first kappa shape index (κ1) is 37.2. The van der Waals surface area contributed by atoms with E-state index in [0.717, 1.165) is 12.1 Å². The second-order valence-electron chi connectivity index (χ2n) is 12.3. The standard InChI is InChI=1S/C37H30N4O11S2/c1-19-3-5-23(13-31(19)38-25-9-7-21-11-27(53(47,48)49)17-33(42)29(21)15-25)35(44)40-37(46)41-36(45)24-6-4-20(2)32(14-24)39-26-10-8-22-12-28(54(50,51)52)18-34(43)30(22)16-26/h3-18,38-39,42-43H,1-2H3,(H,47,48,49)(H,50,51,52)(H2,40,41,44,45,46). The maximum Gasteiger partial charge on any atom is 0.328 e. The van der Waals surface area contributed by atoms with Crippen molar-refractivity contribution in [3.05, 3.63) is 119 Å². The van der Waals surface area contributed by atoms with Crippen molar-refractivity contribution in [1.82, 2.24) is 10.6 Å². The number of rotatable bonds is 8. The highest BCUT2D eigenvalue weighted by Crippen LogP contribution is 2.34. The summed E-state index contributed by atoms with van der Waals surface area (Å²) in [6, 6.07) is 21.7. The zero-order valence-corrected chi connectivity index (χ0v) is 29.8. The number of hydrogen-bond donors (Lipinski definition) is 8. The highest BCUT2D eigenvalue weighted by Gasteiger charge is 2.18. The smallest absolute Gasteiger partial charge is 0.328 e. The maximum atomic E-state index is 13.0. The van der Waals surface area contributed by atoms with E-state index in [9.17, 15) is 50.5 Å². The van der Waals surface area contributed by atoms with Crippen LogP contribution in [-0.4, -0.2) is 54.0 Å². The lowest BCUT2D eigenvalue weighted by Gasteiger charge is -2.14. The molecule has 0 saturated heterocycles. The van der Waals surface area contributed by atoms with Crippen LogP contribution in [0, 0.1) is 13.8 Å². The number of carbonyl (C=O) groups is 3.